The minimum atomic E-state index is -0.377. The van der Waals surface area contributed by atoms with E-state index in [1.54, 1.807) is 0 Å². The average Bonchev–Trinajstić information content (AvgIpc) is 2.25. The van der Waals surface area contributed by atoms with Crippen LogP contribution in [0.3, 0.4) is 0 Å². The summed E-state index contributed by atoms with van der Waals surface area (Å²) in [7, 11) is -0.377. The van der Waals surface area contributed by atoms with Gasteiger partial charge < -0.3 is 0 Å². The summed E-state index contributed by atoms with van der Waals surface area (Å²) in [6.45, 7) is 7.11. The molecule has 16 heavy (non-hydrogen) atoms. The van der Waals surface area contributed by atoms with E-state index in [2.05, 4.69) is 26.1 Å². The lowest BCUT2D eigenvalue weighted by molar-refractivity contribution is 0.557. The third kappa shape index (κ3) is 14.2. The quantitative estimate of drug-likeness (QED) is 0.311. The van der Waals surface area contributed by atoms with Gasteiger partial charge in [0.05, 0.1) is 0 Å². The highest BCUT2D eigenvalue weighted by Gasteiger charge is 1.96. The van der Waals surface area contributed by atoms with Crippen molar-refractivity contribution in [3.63, 3.8) is 0 Å². The summed E-state index contributed by atoms with van der Waals surface area (Å²) in [5, 5.41) is 0. The highest BCUT2D eigenvalue weighted by molar-refractivity contribution is 6.59. The molecule has 97 valence electrons. The molecule has 0 heterocycles. The van der Waals surface area contributed by atoms with Crippen LogP contribution < -0.4 is 0 Å². The molecule has 0 aromatic rings. The van der Waals surface area contributed by atoms with E-state index in [1.807, 2.05) is 0 Å². The predicted molar refractivity (Wildman–Crippen MR) is 79.6 cm³/mol. The summed E-state index contributed by atoms with van der Waals surface area (Å²) in [5.41, 5.74) is 0. The summed E-state index contributed by atoms with van der Waals surface area (Å²) in [6.07, 6.45) is 16.0. The molecule has 0 unspecified atom stereocenters. The highest BCUT2D eigenvalue weighted by atomic mass is 28.3. The summed E-state index contributed by atoms with van der Waals surface area (Å²) < 4.78 is 0. The van der Waals surface area contributed by atoms with Gasteiger partial charge in [-0.25, -0.2) is 0 Å². The Morgan fingerprint density at radius 1 is 0.688 bits per heavy atom. The first-order valence-electron chi connectivity index (χ1n) is 7.60. The average molecular weight is 242 g/mol. The van der Waals surface area contributed by atoms with Gasteiger partial charge in [-0.3, -0.25) is 0 Å². The van der Waals surface area contributed by atoms with E-state index in [4.69, 9.17) is 0 Å². The van der Waals surface area contributed by atoms with Crippen molar-refractivity contribution in [1.82, 2.24) is 0 Å². The van der Waals surface area contributed by atoms with E-state index in [0.29, 0.717) is 0 Å². The standard InChI is InChI=1S/C15H33Si/c1-4-5-6-7-8-9-10-11-12-13-14-15-16(2)3/h15-16H,4-14H2,1-3H3. The van der Waals surface area contributed by atoms with Crippen molar-refractivity contribution >= 4 is 8.80 Å². The largest absolute Gasteiger partial charge is 0.0720 e. The van der Waals surface area contributed by atoms with E-state index < -0.39 is 0 Å². The second kappa shape index (κ2) is 13.3. The van der Waals surface area contributed by atoms with Gasteiger partial charge in [-0.15, -0.1) is 0 Å². The zero-order valence-electron chi connectivity index (χ0n) is 11.9. The number of hydrogen-bond donors (Lipinski definition) is 0. The van der Waals surface area contributed by atoms with Crippen molar-refractivity contribution in [2.24, 2.45) is 0 Å². The molecule has 0 fully saturated rings. The van der Waals surface area contributed by atoms with Crippen molar-refractivity contribution in [1.29, 1.82) is 0 Å². The smallest absolute Gasteiger partial charge is 0.0336 e. The van der Waals surface area contributed by atoms with Crippen molar-refractivity contribution in [2.75, 3.05) is 0 Å². The molecule has 0 nitrogen and oxygen atoms in total. The summed E-state index contributed by atoms with van der Waals surface area (Å²) >= 11 is 0. The van der Waals surface area contributed by atoms with Crippen LogP contribution in [0.1, 0.15) is 77.6 Å². The molecule has 0 aromatic carbocycles. The van der Waals surface area contributed by atoms with Crippen molar-refractivity contribution in [3.05, 3.63) is 6.04 Å². The Kier molecular flexibility index (Phi) is 13.5. The van der Waals surface area contributed by atoms with Crippen LogP contribution >= 0.6 is 0 Å². The maximum Gasteiger partial charge on any atom is 0.0336 e. The van der Waals surface area contributed by atoms with Gasteiger partial charge in [0.2, 0.25) is 0 Å². The summed E-state index contributed by atoms with van der Waals surface area (Å²) in [6, 6.07) is 2.59. The first kappa shape index (κ1) is 16.2. The van der Waals surface area contributed by atoms with Gasteiger partial charge in [-0.2, -0.15) is 0 Å². The zero-order chi connectivity index (χ0) is 12.1. The van der Waals surface area contributed by atoms with Gasteiger partial charge in [-0.1, -0.05) is 90.6 Å². The van der Waals surface area contributed by atoms with Gasteiger partial charge in [0.1, 0.15) is 0 Å². The van der Waals surface area contributed by atoms with Crippen LogP contribution in [0.15, 0.2) is 0 Å². The Morgan fingerprint density at radius 3 is 1.56 bits per heavy atom. The van der Waals surface area contributed by atoms with Gasteiger partial charge >= 0.3 is 0 Å². The van der Waals surface area contributed by atoms with Crippen molar-refractivity contribution < 1.29 is 0 Å². The van der Waals surface area contributed by atoms with E-state index in [9.17, 15) is 0 Å². The molecule has 0 amide bonds. The Bertz CT molecular complexity index is 121. The molecule has 0 bridgehead atoms. The molecule has 1 radical (unpaired) electrons. The Balaban J connectivity index is 2.88. The summed E-state index contributed by atoms with van der Waals surface area (Å²) in [4.78, 5) is 0. The highest BCUT2D eigenvalue weighted by Crippen LogP contribution is 2.11. The van der Waals surface area contributed by atoms with Crippen LogP contribution in [0, 0.1) is 6.04 Å². The Morgan fingerprint density at radius 2 is 1.12 bits per heavy atom. The maximum absolute atomic E-state index is 2.59. The SMILES string of the molecule is CCCCCCCCCCCC[CH][SiH](C)C. The first-order chi connectivity index (χ1) is 7.77. The van der Waals surface area contributed by atoms with Crippen LogP contribution in [0.5, 0.6) is 0 Å². The minimum Gasteiger partial charge on any atom is -0.0720 e. The Hall–Kier alpha value is 0.217. The molecule has 0 spiro atoms. The molecular weight excluding hydrogens is 208 g/mol. The lowest BCUT2D eigenvalue weighted by Crippen LogP contribution is -2.00. The van der Waals surface area contributed by atoms with Crippen LogP contribution in [0.25, 0.3) is 0 Å². The van der Waals surface area contributed by atoms with E-state index in [0.717, 1.165) is 0 Å². The third-order valence-corrected chi connectivity index (χ3v) is 4.47. The topological polar surface area (TPSA) is 0 Å². The second-order valence-corrected chi connectivity index (χ2v) is 8.41. The van der Waals surface area contributed by atoms with Gasteiger partial charge in [0, 0.05) is 8.80 Å². The summed E-state index contributed by atoms with van der Waals surface area (Å²) in [5.74, 6) is 0. The van der Waals surface area contributed by atoms with Crippen LogP contribution in [0.2, 0.25) is 13.1 Å². The molecule has 0 N–H and O–H groups in total. The van der Waals surface area contributed by atoms with Crippen molar-refractivity contribution in [3.8, 4) is 0 Å². The fourth-order valence-corrected chi connectivity index (χ4v) is 2.99. The minimum absolute atomic E-state index is 0.377. The predicted octanol–water partition coefficient (Wildman–Crippen LogP) is 5.53. The van der Waals surface area contributed by atoms with E-state index >= 15 is 0 Å². The van der Waals surface area contributed by atoms with Crippen LogP contribution in [-0.4, -0.2) is 8.80 Å². The van der Waals surface area contributed by atoms with Gasteiger partial charge in [0.25, 0.3) is 0 Å². The van der Waals surface area contributed by atoms with Gasteiger partial charge in [-0.05, 0) is 6.04 Å². The van der Waals surface area contributed by atoms with Gasteiger partial charge in [0.15, 0.2) is 0 Å². The lowest BCUT2D eigenvalue weighted by atomic mass is 10.1. The monoisotopic (exact) mass is 241 g/mol. The molecular formula is C15H33Si. The molecule has 0 aliphatic heterocycles. The van der Waals surface area contributed by atoms with Crippen molar-refractivity contribution in [2.45, 2.75) is 90.6 Å². The molecule has 0 aliphatic rings. The normalized spacial score (nSPS) is 11.2. The zero-order valence-corrected chi connectivity index (χ0v) is 13.1. The van der Waals surface area contributed by atoms with Crippen LogP contribution in [0.4, 0.5) is 0 Å². The molecule has 0 aromatic heterocycles. The van der Waals surface area contributed by atoms with E-state index in [1.165, 1.54) is 70.6 Å². The molecule has 0 saturated heterocycles. The number of hydrogen-bond acceptors (Lipinski definition) is 0. The molecule has 0 rings (SSSR count). The number of unbranched alkanes of at least 4 members (excludes halogenated alkanes) is 10. The van der Waals surface area contributed by atoms with E-state index in [-0.39, 0.29) is 8.80 Å². The molecule has 0 aliphatic carbocycles. The first-order valence-corrected chi connectivity index (χ1v) is 10.6. The fourth-order valence-electron chi connectivity index (χ4n) is 2.08. The molecule has 1 heteroatoms. The molecule has 0 saturated carbocycles. The molecule has 0 atom stereocenters. The third-order valence-electron chi connectivity index (χ3n) is 3.20. The lowest BCUT2D eigenvalue weighted by Gasteiger charge is -2.03. The maximum atomic E-state index is 2.59. The van der Waals surface area contributed by atoms with Crippen LogP contribution in [-0.2, 0) is 0 Å². The fraction of sp³-hybridized carbons (Fsp3) is 0.933. The number of rotatable bonds is 12. The second-order valence-electron chi connectivity index (χ2n) is 5.45. The Labute approximate surface area is 106 Å².